The monoisotopic (exact) mass is 295 g/mol. The molecule has 1 aromatic rings. The van der Waals surface area contributed by atoms with Crippen LogP contribution in [0.5, 0.6) is 5.75 Å². The maximum absolute atomic E-state index is 8.45. The van der Waals surface area contributed by atoms with Gasteiger partial charge in [-0.2, -0.15) is 10.4 Å². The minimum absolute atomic E-state index is 0.0369. The number of nitriles is 1. The van der Waals surface area contributed by atoms with Crippen LogP contribution in [0.3, 0.4) is 0 Å². The summed E-state index contributed by atoms with van der Waals surface area (Å²) in [5.74, 6) is 0.403. The molecule has 6 nitrogen and oxygen atoms in total. The highest BCUT2D eigenvalue weighted by Crippen LogP contribution is 2.21. The Morgan fingerprint density at radius 3 is 2.94 bits per heavy atom. The number of hydrogen-bond acceptors (Lipinski definition) is 4. The van der Waals surface area contributed by atoms with Crippen molar-refractivity contribution in [3.05, 3.63) is 28.2 Å². The van der Waals surface area contributed by atoms with Gasteiger partial charge in [0.25, 0.3) is 0 Å². The number of hydrogen-bond donors (Lipinski definition) is 2. The Kier molecular flexibility index (Phi) is 4.97. The molecular formula is C10H10BrN5O. The Hall–Kier alpha value is -2.07. The lowest BCUT2D eigenvalue weighted by atomic mass is 10.2. The zero-order chi connectivity index (χ0) is 12.7. The summed E-state index contributed by atoms with van der Waals surface area (Å²) in [6, 6.07) is 7.18. The molecule has 1 aromatic carbocycles. The third-order valence-corrected chi connectivity index (χ3v) is 2.13. The molecule has 0 saturated heterocycles. The molecule has 0 amide bonds. The van der Waals surface area contributed by atoms with Crippen molar-refractivity contribution in [2.45, 2.75) is 0 Å². The Balaban J connectivity index is 2.95. The molecule has 1 rings (SSSR count). The second-order valence-electron chi connectivity index (χ2n) is 2.90. The fourth-order valence-electron chi connectivity index (χ4n) is 1.02. The Morgan fingerprint density at radius 2 is 2.29 bits per heavy atom. The Labute approximate surface area is 107 Å². The zero-order valence-electron chi connectivity index (χ0n) is 8.80. The SMILES string of the molecule is N#CCOc1ccc(Br)cc1C=NN=C(N)N. The Bertz CT molecular complexity index is 488. The molecule has 17 heavy (non-hydrogen) atoms. The summed E-state index contributed by atoms with van der Waals surface area (Å²) in [6.07, 6.45) is 1.44. The lowest BCUT2D eigenvalue weighted by Crippen LogP contribution is -2.21. The fourth-order valence-corrected chi connectivity index (χ4v) is 1.40. The van der Waals surface area contributed by atoms with Crippen LogP contribution < -0.4 is 16.2 Å². The van der Waals surface area contributed by atoms with E-state index in [4.69, 9.17) is 21.5 Å². The highest BCUT2D eigenvalue weighted by Gasteiger charge is 2.02. The average Bonchev–Trinajstić information content (AvgIpc) is 2.27. The first-order valence-corrected chi connectivity index (χ1v) is 5.34. The smallest absolute Gasteiger partial charge is 0.211 e. The number of guanidine groups is 1. The van der Waals surface area contributed by atoms with Gasteiger partial charge in [0.2, 0.25) is 5.96 Å². The topological polar surface area (TPSA) is 110 Å². The second kappa shape index (κ2) is 6.50. The predicted octanol–water partition coefficient (Wildman–Crippen LogP) is 0.959. The largest absolute Gasteiger partial charge is 0.478 e. The molecular weight excluding hydrogens is 286 g/mol. The lowest BCUT2D eigenvalue weighted by Gasteiger charge is -2.05. The van der Waals surface area contributed by atoms with Crippen molar-refractivity contribution in [1.82, 2.24) is 0 Å². The van der Waals surface area contributed by atoms with Gasteiger partial charge in [0.1, 0.15) is 11.8 Å². The van der Waals surface area contributed by atoms with E-state index in [9.17, 15) is 0 Å². The summed E-state index contributed by atoms with van der Waals surface area (Å²) in [5.41, 5.74) is 10.9. The standard InChI is InChI=1S/C10H10BrN5O/c11-8-1-2-9(17-4-3-12)7(5-8)6-15-16-10(13)14/h1-2,5-6H,4H2,(H4,13,14,16). The van der Waals surface area contributed by atoms with Crippen LogP contribution in [0.15, 0.2) is 32.9 Å². The maximum Gasteiger partial charge on any atom is 0.211 e. The average molecular weight is 296 g/mol. The van der Waals surface area contributed by atoms with Crippen molar-refractivity contribution in [1.29, 1.82) is 5.26 Å². The summed E-state index contributed by atoms with van der Waals surface area (Å²) >= 11 is 3.32. The van der Waals surface area contributed by atoms with Gasteiger partial charge in [0.05, 0.1) is 6.21 Å². The second-order valence-corrected chi connectivity index (χ2v) is 3.81. The van der Waals surface area contributed by atoms with Gasteiger partial charge in [-0.25, -0.2) is 0 Å². The lowest BCUT2D eigenvalue weighted by molar-refractivity contribution is 0.367. The first-order valence-electron chi connectivity index (χ1n) is 4.54. The first kappa shape index (κ1) is 13.0. The van der Waals surface area contributed by atoms with Gasteiger partial charge in [-0.15, -0.1) is 5.10 Å². The third kappa shape index (κ3) is 4.53. The van der Waals surface area contributed by atoms with Crippen molar-refractivity contribution in [3.63, 3.8) is 0 Å². The number of nitrogens with two attached hydrogens (primary N) is 2. The van der Waals surface area contributed by atoms with Crippen LogP contribution >= 0.6 is 15.9 Å². The molecule has 0 atom stereocenters. The molecule has 0 saturated carbocycles. The van der Waals surface area contributed by atoms with E-state index in [-0.39, 0.29) is 12.6 Å². The van der Waals surface area contributed by atoms with E-state index in [1.807, 2.05) is 6.07 Å². The van der Waals surface area contributed by atoms with E-state index < -0.39 is 0 Å². The molecule has 0 spiro atoms. The molecule has 0 heterocycles. The van der Waals surface area contributed by atoms with Crippen molar-refractivity contribution in [2.75, 3.05) is 6.61 Å². The van der Waals surface area contributed by atoms with Crippen LogP contribution in [0.4, 0.5) is 0 Å². The molecule has 0 unspecified atom stereocenters. The van der Waals surface area contributed by atoms with Crippen LogP contribution in [0, 0.1) is 11.3 Å². The van der Waals surface area contributed by atoms with Gasteiger partial charge in [-0.1, -0.05) is 15.9 Å². The molecule has 0 fully saturated rings. The minimum Gasteiger partial charge on any atom is -0.478 e. The van der Waals surface area contributed by atoms with Gasteiger partial charge >= 0.3 is 0 Å². The number of rotatable bonds is 4. The van der Waals surface area contributed by atoms with E-state index in [1.54, 1.807) is 18.2 Å². The van der Waals surface area contributed by atoms with Gasteiger partial charge < -0.3 is 16.2 Å². The fraction of sp³-hybridized carbons (Fsp3) is 0.100. The zero-order valence-corrected chi connectivity index (χ0v) is 10.4. The normalized spacial score (nSPS) is 9.88. The molecule has 0 aliphatic carbocycles. The molecule has 0 aromatic heterocycles. The van der Waals surface area contributed by atoms with Gasteiger partial charge in [-0.05, 0) is 18.2 Å². The van der Waals surface area contributed by atoms with Crippen molar-refractivity contribution in [2.24, 2.45) is 21.7 Å². The highest BCUT2D eigenvalue weighted by molar-refractivity contribution is 9.10. The van der Waals surface area contributed by atoms with Crippen LogP contribution in [0.2, 0.25) is 0 Å². The number of nitrogens with zero attached hydrogens (tertiary/aromatic N) is 3. The number of ether oxygens (including phenoxy) is 1. The first-order chi connectivity index (χ1) is 8.13. The van der Waals surface area contributed by atoms with E-state index in [1.165, 1.54) is 6.21 Å². The molecule has 7 heteroatoms. The van der Waals surface area contributed by atoms with Crippen molar-refractivity contribution < 1.29 is 4.74 Å². The predicted molar refractivity (Wildman–Crippen MR) is 68.7 cm³/mol. The number of halogens is 1. The van der Waals surface area contributed by atoms with E-state index in [0.717, 1.165) is 4.47 Å². The number of benzene rings is 1. The summed E-state index contributed by atoms with van der Waals surface area (Å²) in [5, 5.41) is 15.6. The molecule has 0 bridgehead atoms. The van der Waals surface area contributed by atoms with Gasteiger partial charge in [-0.3, -0.25) is 0 Å². The minimum atomic E-state index is -0.129. The van der Waals surface area contributed by atoms with Gasteiger partial charge in [0, 0.05) is 10.0 Å². The molecule has 0 aliphatic rings. The molecule has 88 valence electrons. The summed E-state index contributed by atoms with van der Waals surface area (Å²) in [7, 11) is 0. The molecule has 0 radical (unpaired) electrons. The summed E-state index contributed by atoms with van der Waals surface area (Å²) in [4.78, 5) is 0. The van der Waals surface area contributed by atoms with Crippen molar-refractivity contribution >= 4 is 28.1 Å². The molecule has 0 aliphatic heterocycles. The van der Waals surface area contributed by atoms with E-state index in [0.29, 0.717) is 11.3 Å². The van der Waals surface area contributed by atoms with Gasteiger partial charge in [0.15, 0.2) is 6.61 Å². The maximum atomic E-state index is 8.45. The van der Waals surface area contributed by atoms with E-state index >= 15 is 0 Å². The molecule has 4 N–H and O–H groups in total. The third-order valence-electron chi connectivity index (χ3n) is 1.63. The van der Waals surface area contributed by atoms with Crippen molar-refractivity contribution in [3.8, 4) is 11.8 Å². The summed E-state index contributed by atoms with van der Waals surface area (Å²) < 4.78 is 6.07. The quantitative estimate of drug-likeness (QED) is 0.490. The van der Waals surface area contributed by atoms with E-state index in [2.05, 4.69) is 26.1 Å². The Morgan fingerprint density at radius 1 is 1.53 bits per heavy atom. The van der Waals surface area contributed by atoms with Crippen LogP contribution in [0.1, 0.15) is 5.56 Å². The van der Waals surface area contributed by atoms with Crippen LogP contribution in [-0.2, 0) is 0 Å². The van der Waals surface area contributed by atoms with Crippen LogP contribution in [0.25, 0.3) is 0 Å². The summed E-state index contributed by atoms with van der Waals surface area (Å²) in [6.45, 7) is -0.0369. The van der Waals surface area contributed by atoms with Crippen LogP contribution in [-0.4, -0.2) is 18.8 Å². The highest BCUT2D eigenvalue weighted by atomic mass is 79.9.